The SMILES string of the molecule is CC(C)SC(=S)[S][Ge]([Cl])([c]1ccccc1)[c]1ccccc1. The summed E-state index contributed by atoms with van der Waals surface area (Å²) in [7, 11) is 8.95. The van der Waals surface area contributed by atoms with Crippen molar-refractivity contribution in [2.24, 2.45) is 0 Å². The first-order valence-corrected chi connectivity index (χ1v) is 16.2. The maximum absolute atomic E-state index is 7.22. The Kier molecular flexibility index (Phi) is 6.69. The molecule has 0 aliphatic heterocycles. The summed E-state index contributed by atoms with van der Waals surface area (Å²) < 4.78 is 3.43. The number of benzene rings is 2. The van der Waals surface area contributed by atoms with E-state index in [-0.39, 0.29) is 0 Å². The summed E-state index contributed by atoms with van der Waals surface area (Å²) in [4.78, 5) is 0. The molecule has 0 radical (unpaired) electrons. The molecule has 110 valence electrons. The van der Waals surface area contributed by atoms with E-state index in [9.17, 15) is 0 Å². The summed E-state index contributed by atoms with van der Waals surface area (Å²) in [6.45, 7) is 4.32. The molecule has 0 N–H and O–H groups in total. The van der Waals surface area contributed by atoms with E-state index >= 15 is 0 Å². The molecule has 2 rings (SSSR count). The molecule has 0 spiro atoms. The van der Waals surface area contributed by atoms with Crippen molar-refractivity contribution in [1.82, 2.24) is 0 Å². The standard InChI is InChI=1S/C16H17ClGeS3/c1-13(2)20-16(19)21-18(17,14-9-5-3-6-10-14)15-11-7-4-8-12-15/h3-13H,1-2H3. The third-order valence-corrected chi connectivity index (χ3v) is 20.4. The number of thioether (sulfide) groups is 1. The molecule has 5 heteroatoms. The fraction of sp³-hybridized carbons (Fsp3) is 0.188. The molecule has 0 bridgehead atoms. The monoisotopic (exact) mass is 414 g/mol. The van der Waals surface area contributed by atoms with Crippen LogP contribution in [0.3, 0.4) is 0 Å². The second-order valence-corrected chi connectivity index (χ2v) is 21.7. The molecule has 0 unspecified atom stereocenters. The summed E-state index contributed by atoms with van der Waals surface area (Å²) >= 11 is 4.29. The number of thiocarbonyl (C=S) groups is 1. The Morgan fingerprint density at radius 3 is 1.76 bits per heavy atom. The van der Waals surface area contributed by atoms with Crippen LogP contribution >= 0.6 is 44.1 Å². The van der Waals surface area contributed by atoms with Gasteiger partial charge in [0.05, 0.1) is 0 Å². The van der Waals surface area contributed by atoms with Gasteiger partial charge in [0.25, 0.3) is 0 Å². The zero-order valence-corrected chi connectivity index (χ0v) is 17.3. The minimum absolute atomic E-state index is 0.486. The molecule has 0 aromatic heterocycles. The zero-order valence-electron chi connectivity index (χ0n) is 12.0. The Morgan fingerprint density at radius 1 is 0.952 bits per heavy atom. The predicted octanol–water partition coefficient (Wildman–Crippen LogP) is 4.64. The van der Waals surface area contributed by atoms with Crippen LogP contribution in [0.2, 0.25) is 0 Å². The minimum atomic E-state index is -3.01. The maximum atomic E-state index is 7.22. The number of hydrogen-bond donors (Lipinski definition) is 0. The van der Waals surface area contributed by atoms with Crippen LogP contribution in [0, 0.1) is 0 Å². The van der Waals surface area contributed by atoms with Gasteiger partial charge in [-0.15, -0.1) is 0 Å². The molecule has 0 heterocycles. The molecule has 0 saturated heterocycles. The van der Waals surface area contributed by atoms with Gasteiger partial charge >= 0.3 is 147 Å². The van der Waals surface area contributed by atoms with E-state index in [1.165, 1.54) is 8.79 Å². The molecular formula is C16H17ClGeS3. The van der Waals surface area contributed by atoms with Gasteiger partial charge in [-0.2, -0.15) is 0 Å². The number of halogens is 1. The van der Waals surface area contributed by atoms with Crippen LogP contribution in [-0.2, 0) is 0 Å². The van der Waals surface area contributed by atoms with Gasteiger partial charge in [-0.3, -0.25) is 0 Å². The van der Waals surface area contributed by atoms with Gasteiger partial charge in [0, 0.05) is 0 Å². The quantitative estimate of drug-likeness (QED) is 0.529. The van der Waals surface area contributed by atoms with Crippen LogP contribution in [0.25, 0.3) is 0 Å². The van der Waals surface area contributed by atoms with Crippen molar-refractivity contribution in [3.8, 4) is 0 Å². The second kappa shape index (κ2) is 8.07. The van der Waals surface area contributed by atoms with Crippen LogP contribution in [-0.4, -0.2) is 20.0 Å². The van der Waals surface area contributed by atoms with Gasteiger partial charge in [-0.1, -0.05) is 0 Å². The molecule has 0 aliphatic carbocycles. The van der Waals surface area contributed by atoms with Gasteiger partial charge in [-0.25, -0.2) is 0 Å². The summed E-state index contributed by atoms with van der Waals surface area (Å²) in [5.74, 6) is 0. The molecule has 0 amide bonds. The molecular weight excluding hydrogens is 396 g/mol. The number of rotatable bonds is 4. The average Bonchev–Trinajstić information content (AvgIpc) is 2.48. The molecule has 0 nitrogen and oxygen atoms in total. The summed E-state index contributed by atoms with van der Waals surface area (Å²) in [6, 6.07) is 20.8. The van der Waals surface area contributed by atoms with Crippen LogP contribution in [0.1, 0.15) is 13.8 Å². The van der Waals surface area contributed by atoms with Crippen LogP contribution in [0.5, 0.6) is 0 Å². The Bertz CT molecular complexity index is 547. The Hall–Kier alpha value is 0.0629. The summed E-state index contributed by atoms with van der Waals surface area (Å²) in [6.07, 6.45) is 0. The van der Waals surface area contributed by atoms with Crippen molar-refractivity contribution in [2.45, 2.75) is 19.1 Å². The first kappa shape index (κ1) is 17.4. The fourth-order valence-corrected chi connectivity index (χ4v) is 20.5. The van der Waals surface area contributed by atoms with Crippen molar-refractivity contribution >= 4 is 67.6 Å². The van der Waals surface area contributed by atoms with Gasteiger partial charge < -0.3 is 0 Å². The van der Waals surface area contributed by atoms with Gasteiger partial charge in [-0.05, 0) is 0 Å². The van der Waals surface area contributed by atoms with Gasteiger partial charge in [0.15, 0.2) is 0 Å². The average molecular weight is 414 g/mol. The van der Waals surface area contributed by atoms with E-state index in [0.29, 0.717) is 5.25 Å². The van der Waals surface area contributed by atoms with E-state index in [4.69, 9.17) is 22.2 Å². The number of hydrogen-bond acceptors (Lipinski definition) is 3. The topological polar surface area (TPSA) is 0 Å². The van der Waals surface area contributed by atoms with Crippen molar-refractivity contribution in [3.05, 3.63) is 60.7 Å². The van der Waals surface area contributed by atoms with Crippen molar-refractivity contribution in [1.29, 1.82) is 0 Å². The Balaban J connectivity index is 2.38. The Labute approximate surface area is 146 Å². The molecule has 2 aromatic rings. The van der Waals surface area contributed by atoms with Gasteiger partial charge in [0.2, 0.25) is 0 Å². The summed E-state index contributed by atoms with van der Waals surface area (Å²) in [5.41, 5.74) is 0. The third-order valence-electron chi connectivity index (χ3n) is 2.85. The fourth-order valence-electron chi connectivity index (χ4n) is 1.92. The first-order valence-electron chi connectivity index (χ1n) is 6.72. The molecule has 0 atom stereocenters. The van der Waals surface area contributed by atoms with Crippen LogP contribution < -0.4 is 8.79 Å². The molecule has 0 aliphatic rings. The van der Waals surface area contributed by atoms with Crippen LogP contribution in [0.15, 0.2) is 60.7 Å². The summed E-state index contributed by atoms with van der Waals surface area (Å²) in [5, 5.41) is 0.486. The molecule has 2 aromatic carbocycles. The Morgan fingerprint density at radius 2 is 1.38 bits per heavy atom. The normalized spacial score (nSPS) is 11.6. The van der Waals surface area contributed by atoms with E-state index in [2.05, 4.69) is 62.4 Å². The predicted molar refractivity (Wildman–Crippen MR) is 107 cm³/mol. The van der Waals surface area contributed by atoms with Crippen molar-refractivity contribution < 1.29 is 0 Å². The van der Waals surface area contributed by atoms with E-state index < -0.39 is 11.2 Å². The van der Waals surface area contributed by atoms with E-state index in [1.807, 2.05) is 12.1 Å². The molecule has 21 heavy (non-hydrogen) atoms. The van der Waals surface area contributed by atoms with Crippen molar-refractivity contribution in [3.63, 3.8) is 0 Å². The van der Waals surface area contributed by atoms with E-state index in [1.54, 1.807) is 21.8 Å². The second-order valence-electron chi connectivity index (χ2n) is 4.85. The third kappa shape index (κ3) is 4.77. The molecule has 0 saturated carbocycles. The first-order chi connectivity index (χ1) is 10.0. The van der Waals surface area contributed by atoms with E-state index in [0.717, 1.165) is 3.53 Å². The molecule has 0 fully saturated rings. The zero-order chi connectivity index (χ0) is 15.3. The van der Waals surface area contributed by atoms with Crippen LogP contribution in [0.4, 0.5) is 0 Å². The van der Waals surface area contributed by atoms with Crippen molar-refractivity contribution in [2.75, 3.05) is 0 Å². The van der Waals surface area contributed by atoms with Gasteiger partial charge in [0.1, 0.15) is 0 Å².